The number of methoxy groups -OCH3 is 1. The number of benzene rings is 1. The van der Waals surface area contributed by atoms with Crippen molar-refractivity contribution in [3.63, 3.8) is 0 Å². The molecule has 2 rings (SSSR count). The second-order valence-electron chi connectivity index (χ2n) is 6.97. The molecule has 0 aromatic heterocycles. The second-order valence-corrected chi connectivity index (χ2v) is 6.97. The summed E-state index contributed by atoms with van der Waals surface area (Å²) in [5, 5.41) is 0. The average Bonchev–Trinajstić information content (AvgIpc) is 3.06. The summed E-state index contributed by atoms with van der Waals surface area (Å²) < 4.78 is 4.74. The van der Waals surface area contributed by atoms with E-state index >= 15 is 0 Å². The minimum absolute atomic E-state index is 0.0554. The molecule has 0 radical (unpaired) electrons. The van der Waals surface area contributed by atoms with Crippen molar-refractivity contribution in [3.05, 3.63) is 29.8 Å². The molecule has 1 saturated heterocycles. The van der Waals surface area contributed by atoms with Crippen LogP contribution >= 0.6 is 0 Å². The maximum absolute atomic E-state index is 12.2. The molecule has 1 heterocycles. The molecule has 0 bridgehead atoms. The fourth-order valence-electron chi connectivity index (χ4n) is 3.26. The van der Waals surface area contributed by atoms with Crippen molar-refractivity contribution in [1.82, 2.24) is 9.80 Å². The van der Waals surface area contributed by atoms with Gasteiger partial charge in [-0.3, -0.25) is 14.4 Å². The highest BCUT2D eigenvalue weighted by molar-refractivity contribution is 5.99. The number of amides is 2. The Balaban J connectivity index is 1.88. The Morgan fingerprint density at radius 3 is 2.56 bits per heavy atom. The first-order chi connectivity index (χ1) is 13.0. The van der Waals surface area contributed by atoms with E-state index in [9.17, 15) is 14.4 Å². The van der Waals surface area contributed by atoms with E-state index in [1.165, 1.54) is 7.11 Å². The summed E-state index contributed by atoms with van der Waals surface area (Å²) in [6.07, 6.45) is 2.05. The van der Waals surface area contributed by atoms with Crippen molar-refractivity contribution in [2.75, 3.05) is 45.2 Å². The van der Waals surface area contributed by atoms with Crippen LogP contribution in [0, 0.1) is 5.92 Å². The predicted octanol–water partition coefficient (Wildman–Crippen LogP) is 1.51. The third-order valence-corrected chi connectivity index (χ3v) is 4.79. The molecular formula is C20H29N3O4. The molecule has 0 spiro atoms. The van der Waals surface area contributed by atoms with Gasteiger partial charge in [0, 0.05) is 44.8 Å². The maximum atomic E-state index is 12.2. The van der Waals surface area contributed by atoms with Crippen molar-refractivity contribution >= 4 is 24.0 Å². The molecule has 1 unspecified atom stereocenters. The third kappa shape index (κ3) is 5.79. The Bertz CT molecular complexity index is 647. The van der Waals surface area contributed by atoms with Crippen molar-refractivity contribution in [2.24, 2.45) is 5.92 Å². The van der Waals surface area contributed by atoms with Gasteiger partial charge in [0.25, 0.3) is 0 Å². The number of carbonyl (C=O) groups is 3. The summed E-state index contributed by atoms with van der Waals surface area (Å²) >= 11 is 0. The van der Waals surface area contributed by atoms with Gasteiger partial charge in [-0.1, -0.05) is 19.1 Å². The van der Waals surface area contributed by atoms with Crippen LogP contribution in [0.4, 0.5) is 5.69 Å². The highest BCUT2D eigenvalue weighted by Gasteiger charge is 2.35. The highest BCUT2D eigenvalue weighted by Crippen LogP contribution is 2.26. The monoisotopic (exact) mass is 375 g/mol. The lowest BCUT2D eigenvalue weighted by Gasteiger charge is -2.22. The normalized spacial score (nSPS) is 16.7. The topological polar surface area (TPSA) is 70.2 Å². The van der Waals surface area contributed by atoms with Crippen LogP contribution in [0.15, 0.2) is 24.3 Å². The van der Waals surface area contributed by atoms with Crippen LogP contribution in [0.25, 0.3) is 0 Å². The smallest absolute Gasteiger partial charge is 0.311 e. The molecule has 1 aromatic carbocycles. The SMILES string of the molecule is CCCN(C=O)CCN(C)Cc1ccc(N2CC(C(=O)OC)CC2=O)cc1. The molecule has 27 heavy (non-hydrogen) atoms. The zero-order chi connectivity index (χ0) is 19.8. The lowest BCUT2D eigenvalue weighted by Crippen LogP contribution is -2.32. The van der Waals surface area contributed by atoms with Crippen molar-refractivity contribution < 1.29 is 19.1 Å². The van der Waals surface area contributed by atoms with Gasteiger partial charge in [0.05, 0.1) is 13.0 Å². The number of hydrogen-bond acceptors (Lipinski definition) is 5. The Morgan fingerprint density at radius 1 is 1.26 bits per heavy atom. The van der Waals surface area contributed by atoms with E-state index in [2.05, 4.69) is 11.8 Å². The van der Waals surface area contributed by atoms with Crippen molar-refractivity contribution in [1.29, 1.82) is 0 Å². The first kappa shape index (κ1) is 20.9. The van der Waals surface area contributed by atoms with E-state index in [1.807, 2.05) is 31.3 Å². The standard InChI is InChI=1S/C20H29N3O4/c1-4-9-22(15-24)11-10-21(2)13-16-5-7-18(8-6-16)23-14-17(12-19(23)25)20(26)27-3/h5-8,15,17H,4,9-14H2,1-3H3. The van der Waals surface area contributed by atoms with Crippen LogP contribution in [0.5, 0.6) is 0 Å². The first-order valence-corrected chi connectivity index (χ1v) is 9.33. The van der Waals surface area contributed by atoms with Gasteiger partial charge in [0.15, 0.2) is 0 Å². The number of likely N-dealkylation sites (N-methyl/N-ethyl adjacent to an activating group) is 1. The molecule has 0 N–H and O–H groups in total. The minimum Gasteiger partial charge on any atom is -0.469 e. The Labute approximate surface area is 160 Å². The van der Waals surface area contributed by atoms with Gasteiger partial charge < -0.3 is 19.4 Å². The molecule has 1 atom stereocenters. The summed E-state index contributed by atoms with van der Waals surface area (Å²) in [6.45, 7) is 5.47. The van der Waals surface area contributed by atoms with Gasteiger partial charge in [-0.05, 0) is 31.2 Å². The summed E-state index contributed by atoms with van der Waals surface area (Å²) in [5.74, 6) is -0.783. The summed E-state index contributed by atoms with van der Waals surface area (Å²) in [4.78, 5) is 40.4. The van der Waals surface area contributed by atoms with Crippen LogP contribution in [-0.2, 0) is 25.7 Å². The molecule has 148 valence electrons. The summed E-state index contributed by atoms with van der Waals surface area (Å²) in [5.41, 5.74) is 1.93. The van der Waals surface area contributed by atoms with E-state index in [-0.39, 0.29) is 18.3 Å². The van der Waals surface area contributed by atoms with Crippen LogP contribution in [0.2, 0.25) is 0 Å². The number of nitrogens with zero attached hydrogens (tertiary/aromatic N) is 3. The maximum Gasteiger partial charge on any atom is 0.311 e. The molecule has 1 aliphatic heterocycles. The van der Waals surface area contributed by atoms with E-state index in [0.717, 1.165) is 43.7 Å². The Morgan fingerprint density at radius 2 is 1.96 bits per heavy atom. The fourth-order valence-corrected chi connectivity index (χ4v) is 3.26. The van der Waals surface area contributed by atoms with Crippen LogP contribution in [0.1, 0.15) is 25.3 Å². The van der Waals surface area contributed by atoms with E-state index in [1.54, 1.807) is 9.80 Å². The second kappa shape index (κ2) is 10.1. The van der Waals surface area contributed by atoms with Gasteiger partial charge in [-0.15, -0.1) is 0 Å². The van der Waals surface area contributed by atoms with Gasteiger partial charge in [0.2, 0.25) is 12.3 Å². The third-order valence-electron chi connectivity index (χ3n) is 4.79. The Hall–Kier alpha value is -2.41. The molecule has 7 nitrogen and oxygen atoms in total. The summed E-state index contributed by atoms with van der Waals surface area (Å²) in [6, 6.07) is 7.81. The van der Waals surface area contributed by atoms with Crippen LogP contribution < -0.4 is 4.90 Å². The number of esters is 1. The molecule has 0 aliphatic carbocycles. The predicted molar refractivity (Wildman–Crippen MR) is 103 cm³/mol. The quantitative estimate of drug-likeness (QED) is 0.458. The molecule has 2 amide bonds. The van der Waals surface area contributed by atoms with Gasteiger partial charge in [0.1, 0.15) is 0 Å². The van der Waals surface area contributed by atoms with Crippen LogP contribution in [0.3, 0.4) is 0 Å². The summed E-state index contributed by atoms with van der Waals surface area (Å²) in [7, 11) is 3.37. The number of anilines is 1. The lowest BCUT2D eigenvalue weighted by molar-refractivity contribution is -0.145. The highest BCUT2D eigenvalue weighted by atomic mass is 16.5. The zero-order valence-electron chi connectivity index (χ0n) is 16.4. The molecule has 1 aliphatic rings. The first-order valence-electron chi connectivity index (χ1n) is 9.33. The fraction of sp³-hybridized carbons (Fsp3) is 0.550. The van der Waals surface area contributed by atoms with Gasteiger partial charge in [-0.25, -0.2) is 0 Å². The van der Waals surface area contributed by atoms with E-state index in [0.29, 0.717) is 13.1 Å². The van der Waals surface area contributed by atoms with Crippen molar-refractivity contribution in [2.45, 2.75) is 26.3 Å². The Kier molecular flexibility index (Phi) is 7.79. The van der Waals surface area contributed by atoms with Crippen LogP contribution in [-0.4, -0.2) is 68.4 Å². The number of ether oxygens (including phenoxy) is 1. The van der Waals surface area contributed by atoms with E-state index < -0.39 is 5.92 Å². The molecule has 7 heteroatoms. The van der Waals surface area contributed by atoms with Crippen molar-refractivity contribution in [3.8, 4) is 0 Å². The molecule has 1 aromatic rings. The average molecular weight is 375 g/mol. The largest absolute Gasteiger partial charge is 0.469 e. The minimum atomic E-state index is -0.391. The zero-order valence-corrected chi connectivity index (χ0v) is 16.4. The lowest BCUT2D eigenvalue weighted by atomic mass is 10.1. The van der Waals surface area contributed by atoms with Gasteiger partial charge >= 0.3 is 5.97 Å². The number of carbonyl (C=O) groups excluding carboxylic acids is 3. The number of hydrogen-bond donors (Lipinski definition) is 0. The molecule has 1 fully saturated rings. The van der Waals surface area contributed by atoms with Gasteiger partial charge in [-0.2, -0.15) is 0 Å². The molecule has 0 saturated carbocycles. The van der Waals surface area contributed by atoms with E-state index in [4.69, 9.17) is 4.74 Å². The number of rotatable bonds is 10. The molecular weight excluding hydrogens is 346 g/mol.